The second-order valence-corrected chi connectivity index (χ2v) is 6.84. The minimum absolute atomic E-state index is 0.0233. The largest absolute Gasteiger partial charge is 0.420 e. The molecule has 4 rings (SSSR count). The fourth-order valence-corrected chi connectivity index (χ4v) is 3.71. The number of rotatable bonds is 4. The third-order valence-electron chi connectivity index (χ3n) is 4.99. The number of likely N-dealkylation sites (tertiary alicyclic amines) is 1. The number of fused-ring (bicyclic) bond motifs is 1. The second kappa shape index (κ2) is 7.15. The van der Waals surface area contributed by atoms with Crippen molar-refractivity contribution in [3.05, 3.63) is 64.9 Å². The average molecular weight is 351 g/mol. The molecule has 2 aromatic heterocycles. The summed E-state index contributed by atoms with van der Waals surface area (Å²) >= 11 is 0. The number of hydrogen-bond acceptors (Lipinski definition) is 4. The van der Waals surface area contributed by atoms with Crippen molar-refractivity contribution in [1.82, 2.24) is 14.5 Å². The number of piperidine rings is 1. The summed E-state index contributed by atoms with van der Waals surface area (Å²) in [5.41, 5.74) is 2.37. The summed E-state index contributed by atoms with van der Waals surface area (Å²) in [4.78, 5) is 30.9. The van der Waals surface area contributed by atoms with E-state index >= 15 is 0 Å². The topological polar surface area (TPSA) is 68.3 Å². The number of para-hydroxylation sites is 2. The summed E-state index contributed by atoms with van der Waals surface area (Å²) in [5.74, 6) is -0.0901. The van der Waals surface area contributed by atoms with Crippen LogP contribution in [0.5, 0.6) is 0 Å². The lowest BCUT2D eigenvalue weighted by atomic mass is 9.92. The Bertz CT molecular complexity index is 961. The molecule has 0 bridgehead atoms. The third kappa shape index (κ3) is 3.40. The number of amides is 1. The highest BCUT2D eigenvalue weighted by atomic mass is 16.4. The molecule has 3 aromatic rings. The van der Waals surface area contributed by atoms with Crippen molar-refractivity contribution in [3.63, 3.8) is 0 Å². The highest BCUT2D eigenvalue weighted by molar-refractivity contribution is 5.79. The van der Waals surface area contributed by atoms with Gasteiger partial charge in [0.2, 0.25) is 5.91 Å². The maximum atomic E-state index is 12.8. The van der Waals surface area contributed by atoms with Crippen LogP contribution in [0.4, 0.5) is 0 Å². The smallest absolute Gasteiger partial charge is 0.408 e. The first-order valence-corrected chi connectivity index (χ1v) is 8.96. The molecule has 26 heavy (non-hydrogen) atoms. The van der Waals surface area contributed by atoms with E-state index in [4.69, 9.17) is 4.42 Å². The van der Waals surface area contributed by atoms with E-state index in [1.807, 2.05) is 29.3 Å². The van der Waals surface area contributed by atoms with Crippen LogP contribution in [0.15, 0.2) is 58.0 Å². The number of benzene rings is 1. The molecule has 1 saturated heterocycles. The van der Waals surface area contributed by atoms with Gasteiger partial charge in [-0.3, -0.25) is 14.3 Å². The van der Waals surface area contributed by atoms with Crippen LogP contribution in [0.3, 0.4) is 0 Å². The lowest BCUT2D eigenvalue weighted by Crippen LogP contribution is -2.42. The fourth-order valence-electron chi connectivity index (χ4n) is 3.71. The van der Waals surface area contributed by atoms with E-state index in [0.29, 0.717) is 17.0 Å². The molecule has 0 saturated carbocycles. The summed E-state index contributed by atoms with van der Waals surface area (Å²) in [5, 5.41) is 0. The summed E-state index contributed by atoms with van der Waals surface area (Å²) in [7, 11) is 0. The molecule has 6 nitrogen and oxygen atoms in total. The predicted molar refractivity (Wildman–Crippen MR) is 97.7 cm³/mol. The number of hydrogen-bond donors (Lipinski definition) is 0. The molecule has 1 aliphatic heterocycles. The second-order valence-electron chi connectivity index (χ2n) is 6.84. The number of aromatic nitrogens is 2. The molecule has 1 atom stereocenters. The van der Waals surface area contributed by atoms with E-state index in [1.165, 1.54) is 10.1 Å². The van der Waals surface area contributed by atoms with Crippen molar-refractivity contribution >= 4 is 17.0 Å². The van der Waals surface area contributed by atoms with Crippen LogP contribution in [0, 0.1) is 5.92 Å². The lowest BCUT2D eigenvalue weighted by Gasteiger charge is -2.33. The average Bonchev–Trinajstić information content (AvgIpc) is 2.98. The Balaban J connectivity index is 1.46. The molecule has 6 heteroatoms. The normalized spacial score (nSPS) is 17.5. The Morgan fingerprint density at radius 2 is 2.12 bits per heavy atom. The molecule has 134 valence electrons. The molecule has 3 heterocycles. The molecule has 0 N–H and O–H groups in total. The summed E-state index contributed by atoms with van der Waals surface area (Å²) in [6.07, 6.45) is 6.67. The van der Waals surface area contributed by atoms with Crippen molar-refractivity contribution in [3.8, 4) is 0 Å². The minimum atomic E-state index is -0.483. The van der Waals surface area contributed by atoms with Gasteiger partial charge in [-0.15, -0.1) is 0 Å². The van der Waals surface area contributed by atoms with E-state index in [-0.39, 0.29) is 12.5 Å². The predicted octanol–water partition coefficient (Wildman–Crippen LogP) is 2.47. The van der Waals surface area contributed by atoms with Crippen molar-refractivity contribution < 1.29 is 9.21 Å². The molecule has 1 amide bonds. The van der Waals surface area contributed by atoms with Gasteiger partial charge in [0.25, 0.3) is 0 Å². The zero-order valence-electron chi connectivity index (χ0n) is 14.5. The van der Waals surface area contributed by atoms with Gasteiger partial charge < -0.3 is 9.32 Å². The Kier molecular flexibility index (Phi) is 4.56. The zero-order chi connectivity index (χ0) is 17.9. The summed E-state index contributed by atoms with van der Waals surface area (Å²) in [6.45, 7) is 1.49. The van der Waals surface area contributed by atoms with Crippen LogP contribution in [-0.4, -0.2) is 33.4 Å². The van der Waals surface area contributed by atoms with Crippen LogP contribution < -0.4 is 5.76 Å². The standard InChI is InChI=1S/C20H21N3O3/c24-19(14-23-17-7-1-2-8-18(17)26-20(23)25)22-10-4-6-16(13-22)11-15-5-3-9-21-12-15/h1-3,5,7-9,12,16H,4,6,10-11,13-14H2/t16-/m1/s1. The van der Waals surface area contributed by atoms with Crippen molar-refractivity contribution in [2.24, 2.45) is 5.92 Å². The lowest BCUT2D eigenvalue weighted by molar-refractivity contribution is -0.133. The number of nitrogens with zero attached hydrogens (tertiary/aromatic N) is 3. The highest BCUT2D eigenvalue weighted by Crippen LogP contribution is 2.21. The van der Waals surface area contributed by atoms with Gasteiger partial charge >= 0.3 is 5.76 Å². The van der Waals surface area contributed by atoms with E-state index in [0.717, 1.165) is 32.4 Å². The summed E-state index contributed by atoms with van der Waals surface area (Å²) < 4.78 is 6.64. The fraction of sp³-hybridized carbons (Fsp3) is 0.350. The van der Waals surface area contributed by atoms with Crippen LogP contribution in [0.2, 0.25) is 0 Å². The number of pyridine rings is 1. The highest BCUT2D eigenvalue weighted by Gasteiger charge is 2.25. The quantitative estimate of drug-likeness (QED) is 0.724. The number of carbonyl (C=O) groups is 1. The molecule has 1 aromatic carbocycles. The molecular formula is C20H21N3O3. The van der Waals surface area contributed by atoms with E-state index < -0.39 is 5.76 Å². The van der Waals surface area contributed by atoms with E-state index in [1.54, 1.807) is 18.3 Å². The van der Waals surface area contributed by atoms with Crippen LogP contribution in [-0.2, 0) is 17.8 Å². The molecule has 1 aliphatic rings. The maximum absolute atomic E-state index is 12.8. The van der Waals surface area contributed by atoms with Crippen molar-refractivity contribution in [1.29, 1.82) is 0 Å². The monoisotopic (exact) mass is 351 g/mol. The van der Waals surface area contributed by atoms with Crippen molar-refractivity contribution in [2.75, 3.05) is 13.1 Å². The number of carbonyl (C=O) groups excluding carboxylic acids is 1. The van der Waals surface area contributed by atoms with E-state index in [9.17, 15) is 9.59 Å². The molecule has 1 fully saturated rings. The van der Waals surface area contributed by atoms with Gasteiger partial charge in [-0.1, -0.05) is 18.2 Å². The van der Waals surface area contributed by atoms with Crippen molar-refractivity contribution in [2.45, 2.75) is 25.8 Å². The van der Waals surface area contributed by atoms with Gasteiger partial charge in [0, 0.05) is 25.5 Å². The first-order chi connectivity index (χ1) is 12.7. The molecular weight excluding hydrogens is 330 g/mol. The Morgan fingerprint density at radius 1 is 1.23 bits per heavy atom. The van der Waals surface area contributed by atoms with Crippen LogP contribution >= 0.6 is 0 Å². The van der Waals surface area contributed by atoms with Crippen LogP contribution in [0.1, 0.15) is 18.4 Å². The van der Waals surface area contributed by atoms with E-state index in [2.05, 4.69) is 11.1 Å². The molecule has 0 spiro atoms. The van der Waals surface area contributed by atoms with Crippen LogP contribution in [0.25, 0.3) is 11.1 Å². The molecule has 0 unspecified atom stereocenters. The van der Waals surface area contributed by atoms with Gasteiger partial charge in [-0.25, -0.2) is 4.79 Å². The van der Waals surface area contributed by atoms with Gasteiger partial charge in [-0.05, 0) is 48.9 Å². The Morgan fingerprint density at radius 3 is 2.96 bits per heavy atom. The SMILES string of the molecule is O=C(Cn1c(=O)oc2ccccc21)N1CCC[C@H](Cc2cccnc2)C1. The summed E-state index contributed by atoms with van der Waals surface area (Å²) in [6, 6.07) is 11.2. The number of oxazole rings is 1. The zero-order valence-corrected chi connectivity index (χ0v) is 14.5. The maximum Gasteiger partial charge on any atom is 0.420 e. The van der Waals surface area contributed by atoms with Gasteiger partial charge in [0.15, 0.2) is 5.58 Å². The molecule has 0 aliphatic carbocycles. The third-order valence-corrected chi connectivity index (χ3v) is 4.99. The van der Waals surface area contributed by atoms with Gasteiger partial charge in [-0.2, -0.15) is 0 Å². The Labute approximate surface area is 151 Å². The minimum Gasteiger partial charge on any atom is -0.408 e. The Hall–Kier alpha value is -2.89. The van der Waals surface area contributed by atoms with Gasteiger partial charge in [0.05, 0.1) is 5.52 Å². The van der Waals surface area contributed by atoms with Gasteiger partial charge in [0.1, 0.15) is 6.54 Å². The first kappa shape index (κ1) is 16.6. The molecule has 0 radical (unpaired) electrons. The first-order valence-electron chi connectivity index (χ1n) is 8.96.